The van der Waals surface area contributed by atoms with Crippen LogP contribution < -0.4 is 16.4 Å². The first-order chi connectivity index (χ1) is 19.6. The molecule has 3 atom stereocenters. The molecule has 4 amide bonds. The van der Waals surface area contributed by atoms with Crippen LogP contribution in [-0.4, -0.2) is 79.0 Å². The van der Waals surface area contributed by atoms with Crippen molar-refractivity contribution in [1.82, 2.24) is 25.5 Å². The summed E-state index contributed by atoms with van der Waals surface area (Å²) >= 11 is 0. The van der Waals surface area contributed by atoms with Crippen molar-refractivity contribution in [2.75, 3.05) is 6.54 Å². The average Bonchev–Trinajstić information content (AvgIpc) is 3.29. The number of nitrogens with one attached hydrogen (secondary N) is 2. The zero-order chi connectivity index (χ0) is 29.6. The summed E-state index contributed by atoms with van der Waals surface area (Å²) in [6, 6.07) is 13.3. The summed E-state index contributed by atoms with van der Waals surface area (Å²) in [4.78, 5) is 72.0. The Balaban J connectivity index is 1.44. The Hall–Kier alpha value is -4.91. The van der Waals surface area contributed by atoms with Gasteiger partial charge in [-0.1, -0.05) is 42.5 Å². The Morgan fingerprint density at radius 2 is 1.73 bits per heavy atom. The number of nitrogens with two attached hydrogens (primary N) is 1. The van der Waals surface area contributed by atoms with Crippen LogP contribution in [0, 0.1) is 0 Å². The minimum absolute atomic E-state index is 0.0156. The van der Waals surface area contributed by atoms with Gasteiger partial charge < -0.3 is 31.5 Å². The molecule has 3 aromatic rings. The first-order valence-corrected chi connectivity index (χ1v) is 13.0. The number of carboxylic acids is 1. The first kappa shape index (κ1) is 29.1. The number of benzene rings is 2. The van der Waals surface area contributed by atoms with E-state index in [0.29, 0.717) is 23.9 Å². The average molecular weight is 563 g/mol. The molecule has 13 heteroatoms. The Morgan fingerprint density at radius 3 is 2.41 bits per heavy atom. The molecule has 0 aliphatic carbocycles. The van der Waals surface area contributed by atoms with E-state index >= 15 is 0 Å². The highest BCUT2D eigenvalue weighted by Gasteiger charge is 2.56. The Morgan fingerprint density at radius 1 is 1.05 bits per heavy atom. The van der Waals surface area contributed by atoms with Crippen LogP contribution >= 0.6 is 0 Å². The zero-order valence-corrected chi connectivity index (χ0v) is 22.0. The second-order valence-corrected chi connectivity index (χ2v) is 9.71. The number of likely N-dealkylation sites (tertiary alicyclic amines) is 1. The number of hydrogen-bond acceptors (Lipinski definition) is 8. The van der Waals surface area contributed by atoms with Crippen LogP contribution in [0.1, 0.15) is 41.7 Å². The van der Waals surface area contributed by atoms with Crippen LogP contribution in [0.25, 0.3) is 11.0 Å². The zero-order valence-electron chi connectivity index (χ0n) is 22.0. The van der Waals surface area contributed by atoms with E-state index in [4.69, 9.17) is 5.73 Å². The van der Waals surface area contributed by atoms with Crippen LogP contribution in [0.2, 0.25) is 0 Å². The van der Waals surface area contributed by atoms with Crippen molar-refractivity contribution in [2.24, 2.45) is 5.73 Å². The van der Waals surface area contributed by atoms with E-state index < -0.39 is 53.8 Å². The number of carboxylic acid groups (broad SMARTS) is 1. The van der Waals surface area contributed by atoms with E-state index in [2.05, 4.69) is 20.6 Å². The van der Waals surface area contributed by atoms with E-state index in [1.165, 1.54) is 6.20 Å². The number of amides is 4. The van der Waals surface area contributed by atoms with Crippen molar-refractivity contribution in [2.45, 2.75) is 49.9 Å². The van der Waals surface area contributed by atoms with Crippen LogP contribution in [0.15, 0.2) is 60.8 Å². The van der Waals surface area contributed by atoms with E-state index in [0.717, 1.165) is 10.5 Å². The molecule has 41 heavy (non-hydrogen) atoms. The molecule has 0 saturated carbocycles. The number of aryl methyl sites for hydroxylation is 1. The molecule has 2 aromatic carbocycles. The number of carbonyl (C=O) groups is 5. The topological polar surface area (TPSA) is 205 Å². The number of carbonyl (C=O) groups excluding carboxylic acids is 4. The highest BCUT2D eigenvalue weighted by Crippen LogP contribution is 2.29. The number of primary amides is 1. The van der Waals surface area contributed by atoms with Crippen LogP contribution in [-0.2, 0) is 25.6 Å². The predicted molar refractivity (Wildman–Crippen MR) is 145 cm³/mol. The molecule has 0 radical (unpaired) electrons. The van der Waals surface area contributed by atoms with Gasteiger partial charge in [0.05, 0.1) is 29.7 Å². The molecular formula is C28H30N6O7. The number of para-hydroxylation sites is 2. The SMILES string of the molecule is NC(=O)C[C@H](NC(=O)c1cnc2ccccc2n1)C(=O)N[C@H]1CCN(C(=O)CCCc2ccccc2)[C@@]1(O)C(=O)O. The molecule has 4 rings (SSSR count). The van der Waals surface area contributed by atoms with Crippen molar-refractivity contribution in [1.29, 1.82) is 0 Å². The van der Waals surface area contributed by atoms with Gasteiger partial charge in [-0.15, -0.1) is 0 Å². The number of hydrogen-bond donors (Lipinski definition) is 5. The highest BCUT2D eigenvalue weighted by atomic mass is 16.4. The van der Waals surface area contributed by atoms with Gasteiger partial charge in [-0.05, 0) is 37.0 Å². The molecule has 1 fully saturated rings. The summed E-state index contributed by atoms with van der Waals surface area (Å²) in [5.41, 5.74) is 4.42. The molecule has 214 valence electrons. The van der Waals surface area contributed by atoms with E-state index in [1.807, 2.05) is 30.3 Å². The van der Waals surface area contributed by atoms with Gasteiger partial charge in [-0.25, -0.2) is 9.78 Å². The maximum atomic E-state index is 13.2. The number of aliphatic carboxylic acids is 1. The highest BCUT2D eigenvalue weighted by molar-refractivity contribution is 5.99. The third-order valence-corrected chi connectivity index (χ3v) is 6.88. The van der Waals surface area contributed by atoms with E-state index in [1.54, 1.807) is 24.3 Å². The van der Waals surface area contributed by atoms with Crippen molar-refractivity contribution < 1.29 is 34.2 Å². The molecule has 1 aliphatic heterocycles. The van der Waals surface area contributed by atoms with Gasteiger partial charge in [0.2, 0.25) is 17.7 Å². The quantitative estimate of drug-likeness (QED) is 0.215. The molecule has 2 heterocycles. The fourth-order valence-electron chi connectivity index (χ4n) is 4.78. The third kappa shape index (κ3) is 6.64. The normalized spacial score (nSPS) is 19.0. The molecular weight excluding hydrogens is 532 g/mol. The summed E-state index contributed by atoms with van der Waals surface area (Å²) in [5, 5.41) is 25.8. The van der Waals surface area contributed by atoms with Gasteiger partial charge in [-0.3, -0.25) is 24.2 Å². The van der Waals surface area contributed by atoms with E-state index in [-0.39, 0.29) is 25.1 Å². The smallest absolute Gasteiger partial charge is 0.359 e. The Labute approximate surface area is 234 Å². The van der Waals surface area contributed by atoms with Crippen molar-refractivity contribution in [3.8, 4) is 0 Å². The number of nitrogens with zero attached hydrogens (tertiary/aromatic N) is 3. The fraction of sp³-hybridized carbons (Fsp3) is 0.321. The van der Waals surface area contributed by atoms with Crippen LogP contribution in [0.5, 0.6) is 0 Å². The second kappa shape index (κ2) is 12.5. The van der Waals surface area contributed by atoms with Gasteiger partial charge in [-0.2, -0.15) is 0 Å². The lowest BCUT2D eigenvalue weighted by atomic mass is 10.0. The van der Waals surface area contributed by atoms with Gasteiger partial charge in [0.1, 0.15) is 11.7 Å². The monoisotopic (exact) mass is 562 g/mol. The number of fused-ring (bicyclic) bond motifs is 1. The summed E-state index contributed by atoms with van der Waals surface area (Å²) in [7, 11) is 0. The molecule has 1 saturated heterocycles. The first-order valence-electron chi connectivity index (χ1n) is 13.0. The molecule has 0 spiro atoms. The van der Waals surface area contributed by atoms with Crippen molar-refractivity contribution in [3.63, 3.8) is 0 Å². The van der Waals surface area contributed by atoms with Crippen molar-refractivity contribution >= 4 is 40.6 Å². The third-order valence-electron chi connectivity index (χ3n) is 6.88. The lowest BCUT2D eigenvalue weighted by Gasteiger charge is -2.34. The molecule has 1 aromatic heterocycles. The molecule has 13 nitrogen and oxygen atoms in total. The largest absolute Gasteiger partial charge is 0.478 e. The molecule has 1 aliphatic rings. The molecule has 0 bridgehead atoms. The lowest BCUT2D eigenvalue weighted by molar-refractivity contribution is -0.186. The summed E-state index contributed by atoms with van der Waals surface area (Å²) in [6.45, 7) is -0.128. The lowest BCUT2D eigenvalue weighted by Crippen LogP contribution is -2.64. The Bertz CT molecular complexity index is 1470. The molecule has 6 N–H and O–H groups in total. The fourth-order valence-corrected chi connectivity index (χ4v) is 4.78. The maximum absolute atomic E-state index is 13.2. The summed E-state index contributed by atoms with van der Waals surface area (Å²) in [5.74, 6) is -5.00. The van der Waals surface area contributed by atoms with Crippen LogP contribution in [0.3, 0.4) is 0 Å². The summed E-state index contributed by atoms with van der Waals surface area (Å²) < 4.78 is 0. The standard InChI is InChI=1S/C28H30N6O7/c29-23(35)15-20(32-26(38)21-16-30-18-10-4-5-11-19(18)31-21)25(37)33-22-13-14-34(28(22,41)27(39)40)24(36)12-6-9-17-7-2-1-3-8-17/h1-5,7-8,10-11,16,20,22,41H,6,9,12-15H2,(H2,29,35)(H,32,38)(H,33,37)(H,39,40)/t20-,22-,28-/m0/s1. The maximum Gasteiger partial charge on any atom is 0.359 e. The van der Waals surface area contributed by atoms with Crippen molar-refractivity contribution in [3.05, 3.63) is 72.1 Å². The number of aromatic nitrogens is 2. The summed E-state index contributed by atoms with van der Waals surface area (Å²) in [6.07, 6.45) is 1.51. The second-order valence-electron chi connectivity index (χ2n) is 9.71. The molecule has 0 unspecified atom stereocenters. The minimum atomic E-state index is -2.73. The van der Waals surface area contributed by atoms with Gasteiger partial charge in [0.15, 0.2) is 0 Å². The van der Waals surface area contributed by atoms with Gasteiger partial charge in [0, 0.05) is 13.0 Å². The van der Waals surface area contributed by atoms with Crippen LogP contribution in [0.4, 0.5) is 0 Å². The number of rotatable bonds is 11. The van der Waals surface area contributed by atoms with Gasteiger partial charge >= 0.3 is 5.97 Å². The predicted octanol–water partition coefficient (Wildman–Crippen LogP) is 0.117. The minimum Gasteiger partial charge on any atom is -0.478 e. The van der Waals surface area contributed by atoms with Gasteiger partial charge in [0.25, 0.3) is 11.6 Å². The van der Waals surface area contributed by atoms with E-state index in [9.17, 15) is 34.2 Å². The Kier molecular flexibility index (Phi) is 8.87. The number of aliphatic hydroxyl groups is 1.